The van der Waals surface area contributed by atoms with Gasteiger partial charge in [0.15, 0.2) is 0 Å². The Morgan fingerprint density at radius 3 is 2.56 bits per heavy atom. The zero-order chi connectivity index (χ0) is 20.2. The van der Waals surface area contributed by atoms with Gasteiger partial charge in [0, 0.05) is 19.8 Å². The highest BCUT2D eigenvalue weighted by molar-refractivity contribution is 7.89. The van der Waals surface area contributed by atoms with Crippen LogP contribution in [-0.2, 0) is 14.8 Å². The number of carbonyl (C=O) groups is 1. The van der Waals surface area contributed by atoms with Crippen LogP contribution in [-0.4, -0.2) is 39.3 Å². The molecule has 2 rings (SSSR count). The standard InChI is InChI=1S/C18H20Cl2N2O4S/c1-12-7-8-13(11-16(12)27(24,25)22(2)3)21-17(23)9-10-26-15-6-4-5-14(19)18(15)20/h4-8,11H,9-10H2,1-3H3,(H,21,23). The zero-order valence-electron chi connectivity index (χ0n) is 15.1. The van der Waals surface area contributed by atoms with E-state index in [-0.39, 0.29) is 28.9 Å². The Kier molecular flexibility index (Phi) is 7.11. The molecule has 0 bridgehead atoms. The van der Waals surface area contributed by atoms with Gasteiger partial charge in [-0.15, -0.1) is 0 Å². The van der Waals surface area contributed by atoms with E-state index >= 15 is 0 Å². The summed E-state index contributed by atoms with van der Waals surface area (Å²) in [5.74, 6) is 0.0804. The van der Waals surface area contributed by atoms with Crippen molar-refractivity contribution in [2.75, 3.05) is 26.0 Å². The summed E-state index contributed by atoms with van der Waals surface area (Å²) in [7, 11) is -0.684. The molecule has 1 N–H and O–H groups in total. The van der Waals surface area contributed by atoms with Crippen molar-refractivity contribution in [1.29, 1.82) is 0 Å². The van der Waals surface area contributed by atoms with Crippen LogP contribution >= 0.6 is 23.2 Å². The largest absolute Gasteiger partial charge is 0.491 e. The quantitative estimate of drug-likeness (QED) is 0.720. The summed E-state index contributed by atoms with van der Waals surface area (Å²) in [5, 5.41) is 3.33. The van der Waals surface area contributed by atoms with E-state index in [2.05, 4.69) is 5.32 Å². The van der Waals surface area contributed by atoms with Crippen LogP contribution in [0.15, 0.2) is 41.3 Å². The topological polar surface area (TPSA) is 75.7 Å². The minimum atomic E-state index is -3.60. The van der Waals surface area contributed by atoms with Gasteiger partial charge >= 0.3 is 0 Å². The van der Waals surface area contributed by atoms with E-state index in [0.717, 1.165) is 4.31 Å². The van der Waals surface area contributed by atoms with Gasteiger partial charge in [-0.1, -0.05) is 35.3 Å². The molecule has 0 heterocycles. The molecule has 0 radical (unpaired) electrons. The van der Waals surface area contributed by atoms with Crippen LogP contribution in [0.25, 0.3) is 0 Å². The number of carbonyl (C=O) groups excluding carboxylic acids is 1. The van der Waals surface area contributed by atoms with E-state index in [1.54, 1.807) is 37.3 Å². The second-order valence-corrected chi connectivity index (χ2v) is 8.87. The predicted molar refractivity (Wildman–Crippen MR) is 107 cm³/mol. The molecule has 0 aliphatic rings. The third kappa shape index (κ3) is 5.35. The van der Waals surface area contributed by atoms with Crippen molar-refractivity contribution in [1.82, 2.24) is 4.31 Å². The minimum absolute atomic E-state index is 0.0620. The maximum absolute atomic E-state index is 12.3. The van der Waals surface area contributed by atoms with Gasteiger partial charge in [0.25, 0.3) is 0 Å². The summed E-state index contributed by atoms with van der Waals surface area (Å²) in [5.41, 5.74) is 0.993. The van der Waals surface area contributed by atoms with Gasteiger partial charge in [-0.2, -0.15) is 0 Å². The molecule has 0 atom stereocenters. The Morgan fingerprint density at radius 2 is 1.89 bits per heavy atom. The average Bonchev–Trinajstić information content (AvgIpc) is 2.60. The summed E-state index contributed by atoms with van der Waals surface area (Å²) in [6, 6.07) is 9.73. The van der Waals surface area contributed by atoms with E-state index < -0.39 is 10.0 Å². The maximum Gasteiger partial charge on any atom is 0.242 e. The van der Waals surface area contributed by atoms with Gasteiger partial charge in [0.1, 0.15) is 10.8 Å². The molecule has 0 fully saturated rings. The van der Waals surface area contributed by atoms with Crippen molar-refractivity contribution >= 4 is 44.8 Å². The normalized spacial score (nSPS) is 11.5. The Morgan fingerprint density at radius 1 is 1.19 bits per heavy atom. The van der Waals surface area contributed by atoms with Crippen LogP contribution < -0.4 is 10.1 Å². The molecule has 0 unspecified atom stereocenters. The second kappa shape index (κ2) is 8.93. The fourth-order valence-corrected chi connectivity index (χ4v) is 3.72. The lowest BCUT2D eigenvalue weighted by Crippen LogP contribution is -2.23. The first-order valence-electron chi connectivity index (χ1n) is 8.02. The lowest BCUT2D eigenvalue weighted by atomic mass is 10.2. The Labute approximate surface area is 169 Å². The van der Waals surface area contributed by atoms with Crippen LogP contribution in [0, 0.1) is 6.92 Å². The van der Waals surface area contributed by atoms with Crippen LogP contribution in [0.5, 0.6) is 5.75 Å². The van der Waals surface area contributed by atoms with Crippen molar-refractivity contribution < 1.29 is 17.9 Å². The Hall–Kier alpha value is -1.80. The van der Waals surface area contributed by atoms with Crippen LogP contribution in [0.3, 0.4) is 0 Å². The third-order valence-corrected chi connectivity index (χ3v) is 6.49. The van der Waals surface area contributed by atoms with E-state index in [0.29, 0.717) is 22.0 Å². The number of rotatable bonds is 7. The zero-order valence-corrected chi connectivity index (χ0v) is 17.5. The van der Waals surface area contributed by atoms with Gasteiger partial charge in [-0.3, -0.25) is 4.79 Å². The molecule has 0 saturated carbocycles. The number of nitrogens with one attached hydrogen (secondary N) is 1. The molecule has 0 spiro atoms. The molecule has 1 amide bonds. The Bertz CT molecular complexity index is 946. The number of amides is 1. The first-order valence-corrected chi connectivity index (χ1v) is 10.2. The highest BCUT2D eigenvalue weighted by Crippen LogP contribution is 2.31. The van der Waals surface area contributed by atoms with Crippen LogP contribution in [0.2, 0.25) is 10.0 Å². The number of nitrogens with zero attached hydrogens (tertiary/aromatic N) is 1. The number of aryl methyl sites for hydroxylation is 1. The molecule has 6 nitrogen and oxygen atoms in total. The van der Waals surface area contributed by atoms with Gasteiger partial charge in [0.2, 0.25) is 15.9 Å². The number of benzene rings is 2. The number of sulfonamides is 1. The summed E-state index contributed by atoms with van der Waals surface area (Å²) < 4.78 is 31.3. The van der Waals surface area contributed by atoms with E-state index in [9.17, 15) is 13.2 Å². The van der Waals surface area contributed by atoms with Crippen molar-refractivity contribution in [3.8, 4) is 5.75 Å². The van der Waals surface area contributed by atoms with Crippen molar-refractivity contribution in [3.63, 3.8) is 0 Å². The number of halogens is 2. The molecule has 0 aliphatic heterocycles. The Balaban J connectivity index is 2.01. The van der Waals surface area contributed by atoms with Gasteiger partial charge in [-0.05, 0) is 36.8 Å². The fraction of sp³-hybridized carbons (Fsp3) is 0.278. The number of hydrogen-bond acceptors (Lipinski definition) is 4. The smallest absolute Gasteiger partial charge is 0.242 e. The lowest BCUT2D eigenvalue weighted by Gasteiger charge is -2.15. The summed E-state index contributed by atoms with van der Waals surface area (Å²) >= 11 is 11.9. The molecule has 0 aromatic heterocycles. The first kappa shape index (κ1) is 21.5. The molecule has 2 aromatic rings. The first-order chi connectivity index (χ1) is 12.6. The van der Waals surface area contributed by atoms with E-state index in [1.165, 1.54) is 20.2 Å². The minimum Gasteiger partial charge on any atom is -0.491 e. The lowest BCUT2D eigenvalue weighted by molar-refractivity contribution is -0.116. The van der Waals surface area contributed by atoms with Gasteiger partial charge < -0.3 is 10.1 Å². The summed E-state index contributed by atoms with van der Waals surface area (Å²) in [6.45, 7) is 1.80. The molecule has 0 aliphatic carbocycles. The molecule has 9 heteroatoms. The van der Waals surface area contributed by atoms with Crippen LogP contribution in [0.4, 0.5) is 5.69 Å². The number of hydrogen-bond donors (Lipinski definition) is 1. The second-order valence-electron chi connectivity index (χ2n) is 5.97. The molecule has 146 valence electrons. The highest BCUT2D eigenvalue weighted by Gasteiger charge is 2.20. The molecule has 0 saturated heterocycles. The molecular weight excluding hydrogens is 411 g/mol. The van der Waals surface area contributed by atoms with Crippen molar-refractivity contribution in [3.05, 3.63) is 52.0 Å². The van der Waals surface area contributed by atoms with Gasteiger partial charge in [0.05, 0.1) is 22.9 Å². The monoisotopic (exact) mass is 430 g/mol. The van der Waals surface area contributed by atoms with Crippen LogP contribution in [0.1, 0.15) is 12.0 Å². The van der Waals surface area contributed by atoms with E-state index in [4.69, 9.17) is 27.9 Å². The average molecular weight is 431 g/mol. The number of anilines is 1. The summed E-state index contributed by atoms with van der Waals surface area (Å²) in [6.07, 6.45) is 0.0620. The molecular formula is C18H20Cl2N2O4S. The SMILES string of the molecule is Cc1ccc(NC(=O)CCOc2cccc(Cl)c2Cl)cc1S(=O)(=O)N(C)C. The third-order valence-electron chi connectivity index (χ3n) is 3.73. The van der Waals surface area contributed by atoms with Crippen molar-refractivity contribution in [2.24, 2.45) is 0 Å². The molecule has 27 heavy (non-hydrogen) atoms. The van der Waals surface area contributed by atoms with E-state index in [1.807, 2.05) is 0 Å². The highest BCUT2D eigenvalue weighted by atomic mass is 35.5. The fourth-order valence-electron chi connectivity index (χ4n) is 2.23. The summed E-state index contributed by atoms with van der Waals surface area (Å²) in [4.78, 5) is 12.3. The van der Waals surface area contributed by atoms with Gasteiger partial charge in [-0.25, -0.2) is 12.7 Å². The maximum atomic E-state index is 12.3. The predicted octanol–water partition coefficient (Wildman–Crippen LogP) is 3.96. The molecule has 2 aromatic carbocycles. The number of ether oxygens (including phenoxy) is 1. The van der Waals surface area contributed by atoms with Crippen molar-refractivity contribution in [2.45, 2.75) is 18.2 Å².